The molecule has 1 aliphatic rings. The number of amides is 1. The fraction of sp³-hybridized carbons (Fsp3) is 0.611. The van der Waals surface area contributed by atoms with Crippen molar-refractivity contribution in [3.8, 4) is 0 Å². The standard InChI is InChI=1S/C18H27BrN2O2/c1-12-7-6-8-21(12)16-10-14(9-15(19)11-16)13(2)20-17(22)23-18(3,4)5/h9-13H,6-8H2,1-5H3,(H,20,22)/t12-,13?/m1/s1. The average Bonchev–Trinajstić information content (AvgIpc) is 2.81. The van der Waals surface area contributed by atoms with Crippen molar-refractivity contribution in [2.45, 2.75) is 65.1 Å². The smallest absolute Gasteiger partial charge is 0.408 e. The summed E-state index contributed by atoms with van der Waals surface area (Å²) in [5.74, 6) is 0. The number of hydrogen-bond donors (Lipinski definition) is 1. The Morgan fingerprint density at radius 3 is 2.65 bits per heavy atom. The largest absolute Gasteiger partial charge is 0.444 e. The number of carbonyl (C=O) groups excluding carboxylic acids is 1. The van der Waals surface area contributed by atoms with E-state index in [0.717, 1.165) is 16.6 Å². The van der Waals surface area contributed by atoms with E-state index in [-0.39, 0.29) is 12.1 Å². The predicted molar refractivity (Wildman–Crippen MR) is 98.0 cm³/mol. The van der Waals surface area contributed by atoms with Crippen molar-refractivity contribution >= 4 is 27.7 Å². The highest BCUT2D eigenvalue weighted by Crippen LogP contribution is 2.31. The molecule has 1 aromatic carbocycles. The summed E-state index contributed by atoms with van der Waals surface area (Å²) in [4.78, 5) is 14.4. The normalized spacial score (nSPS) is 19.6. The minimum Gasteiger partial charge on any atom is -0.444 e. The van der Waals surface area contributed by atoms with Gasteiger partial charge in [-0.1, -0.05) is 15.9 Å². The molecular weight excluding hydrogens is 356 g/mol. The predicted octanol–water partition coefficient (Wildman–Crippen LogP) is 5.02. The zero-order chi connectivity index (χ0) is 17.2. The number of halogens is 1. The van der Waals surface area contributed by atoms with Crippen LogP contribution in [0.4, 0.5) is 10.5 Å². The SMILES string of the molecule is CC(NC(=O)OC(C)(C)C)c1cc(Br)cc(N2CCC[C@H]2C)c1. The number of nitrogens with zero attached hydrogens (tertiary/aromatic N) is 1. The molecule has 0 radical (unpaired) electrons. The van der Waals surface area contributed by atoms with Crippen LogP contribution < -0.4 is 10.2 Å². The van der Waals surface area contributed by atoms with Gasteiger partial charge in [-0.05, 0) is 71.2 Å². The lowest BCUT2D eigenvalue weighted by molar-refractivity contribution is 0.0508. The van der Waals surface area contributed by atoms with Crippen LogP contribution in [0.25, 0.3) is 0 Å². The van der Waals surface area contributed by atoms with Gasteiger partial charge in [0.1, 0.15) is 5.60 Å². The first-order valence-electron chi connectivity index (χ1n) is 8.22. The molecule has 1 saturated heterocycles. The number of hydrogen-bond acceptors (Lipinski definition) is 3. The lowest BCUT2D eigenvalue weighted by Gasteiger charge is -2.26. The molecule has 0 aliphatic carbocycles. The van der Waals surface area contributed by atoms with Gasteiger partial charge in [0.2, 0.25) is 0 Å². The molecule has 1 fully saturated rings. The van der Waals surface area contributed by atoms with Crippen LogP contribution in [0.15, 0.2) is 22.7 Å². The fourth-order valence-electron chi connectivity index (χ4n) is 2.90. The van der Waals surface area contributed by atoms with Crippen molar-refractivity contribution in [1.29, 1.82) is 0 Å². The second-order valence-electron chi connectivity index (χ2n) is 7.30. The van der Waals surface area contributed by atoms with E-state index >= 15 is 0 Å². The van der Waals surface area contributed by atoms with E-state index in [4.69, 9.17) is 4.74 Å². The number of rotatable bonds is 3. The van der Waals surface area contributed by atoms with Crippen LogP contribution >= 0.6 is 15.9 Å². The molecule has 4 nitrogen and oxygen atoms in total. The van der Waals surface area contributed by atoms with E-state index in [1.54, 1.807) is 0 Å². The van der Waals surface area contributed by atoms with Gasteiger partial charge >= 0.3 is 6.09 Å². The Hall–Kier alpha value is -1.23. The van der Waals surface area contributed by atoms with Gasteiger partial charge in [-0.25, -0.2) is 4.79 Å². The fourth-order valence-corrected chi connectivity index (χ4v) is 3.40. The molecule has 5 heteroatoms. The number of nitrogens with one attached hydrogen (secondary N) is 1. The molecule has 1 heterocycles. The van der Waals surface area contributed by atoms with Crippen LogP contribution in [0.3, 0.4) is 0 Å². The Morgan fingerprint density at radius 1 is 1.39 bits per heavy atom. The summed E-state index contributed by atoms with van der Waals surface area (Å²) < 4.78 is 6.36. The third-order valence-electron chi connectivity index (χ3n) is 4.02. The van der Waals surface area contributed by atoms with Gasteiger partial charge in [0.05, 0.1) is 6.04 Å². The van der Waals surface area contributed by atoms with Crippen molar-refractivity contribution in [2.24, 2.45) is 0 Å². The minimum atomic E-state index is -0.489. The summed E-state index contributed by atoms with van der Waals surface area (Å²) in [6.45, 7) is 10.9. The molecule has 0 spiro atoms. The lowest BCUT2D eigenvalue weighted by atomic mass is 10.1. The van der Waals surface area contributed by atoms with E-state index in [1.807, 2.05) is 33.8 Å². The Bertz CT molecular complexity index is 569. The second-order valence-corrected chi connectivity index (χ2v) is 8.21. The number of ether oxygens (including phenoxy) is 1. The van der Waals surface area contributed by atoms with Crippen molar-refractivity contribution in [1.82, 2.24) is 5.32 Å². The first-order valence-corrected chi connectivity index (χ1v) is 9.01. The molecule has 2 atom stereocenters. The molecule has 0 bridgehead atoms. The van der Waals surface area contributed by atoms with Gasteiger partial charge in [-0.2, -0.15) is 0 Å². The average molecular weight is 383 g/mol. The molecular formula is C18H27BrN2O2. The van der Waals surface area contributed by atoms with Crippen LogP contribution in [0, 0.1) is 0 Å². The van der Waals surface area contributed by atoms with Gasteiger partial charge in [0.15, 0.2) is 0 Å². The first kappa shape index (κ1) is 18.1. The number of benzene rings is 1. The summed E-state index contributed by atoms with van der Waals surface area (Å²) >= 11 is 3.59. The van der Waals surface area contributed by atoms with Crippen LogP contribution in [0.1, 0.15) is 59.1 Å². The zero-order valence-corrected chi connectivity index (χ0v) is 16.2. The van der Waals surface area contributed by atoms with Gasteiger partial charge in [0, 0.05) is 22.7 Å². The minimum absolute atomic E-state index is 0.112. The molecule has 2 rings (SSSR count). The van der Waals surface area contributed by atoms with Crippen LogP contribution in [0.5, 0.6) is 0 Å². The summed E-state index contributed by atoms with van der Waals surface area (Å²) in [7, 11) is 0. The maximum Gasteiger partial charge on any atom is 0.408 e. The first-order chi connectivity index (χ1) is 10.7. The Morgan fingerprint density at radius 2 is 2.09 bits per heavy atom. The molecule has 1 amide bonds. The third-order valence-corrected chi connectivity index (χ3v) is 4.48. The molecule has 0 aromatic heterocycles. The summed E-state index contributed by atoms with van der Waals surface area (Å²) in [6.07, 6.45) is 2.07. The lowest BCUT2D eigenvalue weighted by Crippen LogP contribution is -2.34. The number of alkyl carbamates (subject to hydrolysis) is 1. The van der Waals surface area contributed by atoms with E-state index in [1.165, 1.54) is 18.5 Å². The van der Waals surface area contributed by atoms with Gasteiger partial charge in [-0.15, -0.1) is 0 Å². The Balaban J connectivity index is 2.12. The zero-order valence-electron chi connectivity index (χ0n) is 14.6. The summed E-state index contributed by atoms with van der Waals surface area (Å²) in [5, 5.41) is 2.91. The van der Waals surface area contributed by atoms with Crippen LogP contribution in [-0.4, -0.2) is 24.3 Å². The number of carbonyl (C=O) groups is 1. The second kappa shape index (κ2) is 7.12. The highest BCUT2D eigenvalue weighted by atomic mass is 79.9. The van der Waals surface area contributed by atoms with Crippen molar-refractivity contribution in [3.05, 3.63) is 28.2 Å². The van der Waals surface area contributed by atoms with Gasteiger partial charge < -0.3 is 15.0 Å². The Kier molecular flexibility index (Phi) is 5.61. The molecule has 1 aliphatic heterocycles. The van der Waals surface area contributed by atoms with Gasteiger partial charge in [-0.3, -0.25) is 0 Å². The number of anilines is 1. The van der Waals surface area contributed by atoms with Crippen LogP contribution in [-0.2, 0) is 4.74 Å². The van der Waals surface area contributed by atoms with E-state index < -0.39 is 5.60 Å². The van der Waals surface area contributed by atoms with Crippen molar-refractivity contribution < 1.29 is 9.53 Å². The van der Waals surface area contributed by atoms with E-state index in [9.17, 15) is 4.79 Å². The maximum absolute atomic E-state index is 12.0. The quantitative estimate of drug-likeness (QED) is 0.797. The third kappa shape index (κ3) is 5.13. The summed E-state index contributed by atoms with van der Waals surface area (Å²) in [5.41, 5.74) is 1.79. The van der Waals surface area contributed by atoms with Crippen molar-refractivity contribution in [2.75, 3.05) is 11.4 Å². The molecule has 0 saturated carbocycles. The van der Waals surface area contributed by atoms with E-state index in [0.29, 0.717) is 6.04 Å². The van der Waals surface area contributed by atoms with Gasteiger partial charge in [0.25, 0.3) is 0 Å². The molecule has 23 heavy (non-hydrogen) atoms. The summed E-state index contributed by atoms with van der Waals surface area (Å²) in [6, 6.07) is 6.80. The molecule has 1 N–H and O–H groups in total. The monoisotopic (exact) mass is 382 g/mol. The highest BCUT2D eigenvalue weighted by Gasteiger charge is 2.23. The van der Waals surface area contributed by atoms with Crippen LogP contribution in [0.2, 0.25) is 0 Å². The van der Waals surface area contributed by atoms with E-state index in [2.05, 4.69) is 45.2 Å². The Labute approximate surface area is 147 Å². The van der Waals surface area contributed by atoms with Crippen molar-refractivity contribution in [3.63, 3.8) is 0 Å². The molecule has 128 valence electrons. The maximum atomic E-state index is 12.0. The molecule has 1 unspecified atom stereocenters. The topological polar surface area (TPSA) is 41.6 Å². The highest BCUT2D eigenvalue weighted by molar-refractivity contribution is 9.10. The molecule has 1 aromatic rings.